The summed E-state index contributed by atoms with van der Waals surface area (Å²) in [7, 11) is -2.79. The van der Waals surface area contributed by atoms with Crippen molar-refractivity contribution in [2.75, 3.05) is 13.2 Å². The average molecular weight is 532 g/mol. The zero-order chi connectivity index (χ0) is 27.6. The Morgan fingerprint density at radius 3 is 1.87 bits per heavy atom. The summed E-state index contributed by atoms with van der Waals surface area (Å²) in [5.41, 5.74) is 1.21. The molecule has 1 aliphatic rings. The molecule has 0 radical (unpaired) electrons. The molecular formula is C32H38FNO3Si. The Bertz CT molecular complexity index is 1220. The molecule has 4 nitrogen and oxygen atoms in total. The molecule has 0 saturated heterocycles. The number of nitrogens with zero attached hydrogens (tertiary/aromatic N) is 1. The summed E-state index contributed by atoms with van der Waals surface area (Å²) < 4.78 is 26.5. The van der Waals surface area contributed by atoms with Gasteiger partial charge >= 0.3 is 6.09 Å². The highest BCUT2D eigenvalue weighted by Gasteiger charge is 2.51. The van der Waals surface area contributed by atoms with Gasteiger partial charge in [0.25, 0.3) is 8.32 Å². The van der Waals surface area contributed by atoms with Gasteiger partial charge in [-0.2, -0.15) is 0 Å². The lowest BCUT2D eigenvalue weighted by Crippen LogP contribution is -2.67. The highest BCUT2D eigenvalue weighted by Crippen LogP contribution is 2.37. The maximum atomic E-state index is 13.6. The minimum atomic E-state index is -2.79. The fourth-order valence-electron chi connectivity index (χ4n) is 5.16. The number of hydrogen-bond acceptors (Lipinski definition) is 3. The van der Waals surface area contributed by atoms with Crippen LogP contribution in [0.2, 0.25) is 5.04 Å². The summed E-state index contributed by atoms with van der Waals surface area (Å²) in [6.07, 6.45) is 1.68. The van der Waals surface area contributed by atoms with E-state index >= 15 is 0 Å². The molecule has 200 valence electrons. The van der Waals surface area contributed by atoms with Crippen LogP contribution in [-0.2, 0) is 9.16 Å². The first-order valence-electron chi connectivity index (χ1n) is 13.1. The van der Waals surface area contributed by atoms with Crippen molar-refractivity contribution in [2.24, 2.45) is 0 Å². The monoisotopic (exact) mass is 531 g/mol. The minimum Gasteiger partial charge on any atom is -0.444 e. The van der Waals surface area contributed by atoms with Crippen molar-refractivity contribution < 1.29 is 18.3 Å². The Hall–Kier alpha value is -3.22. The van der Waals surface area contributed by atoms with E-state index in [1.54, 1.807) is 17.0 Å². The number of carbonyl (C=O) groups is 1. The van der Waals surface area contributed by atoms with Crippen molar-refractivity contribution in [1.29, 1.82) is 0 Å². The summed E-state index contributed by atoms with van der Waals surface area (Å²) in [4.78, 5) is 15.1. The predicted molar refractivity (Wildman–Crippen MR) is 155 cm³/mol. The van der Waals surface area contributed by atoms with Gasteiger partial charge in [0.15, 0.2) is 0 Å². The number of rotatable bonds is 6. The molecule has 0 aromatic heterocycles. The predicted octanol–water partition coefficient (Wildman–Crippen LogP) is 6.41. The van der Waals surface area contributed by atoms with Crippen LogP contribution < -0.4 is 10.4 Å². The van der Waals surface area contributed by atoms with Crippen molar-refractivity contribution in [3.05, 3.63) is 102 Å². The second kappa shape index (κ2) is 10.9. The minimum absolute atomic E-state index is 0.186. The summed E-state index contributed by atoms with van der Waals surface area (Å²) in [6, 6.07) is 27.0. The van der Waals surface area contributed by atoms with E-state index in [0.29, 0.717) is 13.2 Å². The lowest BCUT2D eigenvalue weighted by atomic mass is 10.1. The molecule has 0 bridgehead atoms. The molecule has 1 amide bonds. The molecule has 0 spiro atoms. The van der Waals surface area contributed by atoms with E-state index in [-0.39, 0.29) is 23.0 Å². The van der Waals surface area contributed by atoms with Crippen molar-refractivity contribution in [2.45, 2.75) is 58.2 Å². The fraction of sp³-hybridized carbons (Fsp3) is 0.344. The Morgan fingerprint density at radius 2 is 1.39 bits per heavy atom. The SMILES string of the molecule is CC(C)(C)OC(=O)N1CC(c2ccc(F)cc2)=C[C@H]1CO[Si](c1ccccc1)(c1ccccc1)C(C)(C)C. The number of carbonyl (C=O) groups excluding carboxylic acids is 1. The van der Waals surface area contributed by atoms with Gasteiger partial charge in [0, 0.05) is 0 Å². The van der Waals surface area contributed by atoms with Crippen LogP contribution in [0.1, 0.15) is 47.1 Å². The second-order valence-corrected chi connectivity index (χ2v) is 16.2. The van der Waals surface area contributed by atoms with Gasteiger partial charge in [-0.15, -0.1) is 0 Å². The standard InChI is InChI=1S/C32H38FNO3Si/c1-31(2,3)37-30(35)34-22-25(24-17-19-26(33)20-18-24)21-27(34)23-36-38(32(4,5)6,28-13-9-7-10-14-28)29-15-11-8-12-16-29/h7-21,27H,22-23H2,1-6H3/t27-/m0/s1. The number of halogens is 1. The van der Waals surface area contributed by atoms with Crippen molar-refractivity contribution in [1.82, 2.24) is 4.90 Å². The Kier molecular flexibility index (Phi) is 7.95. The zero-order valence-electron chi connectivity index (χ0n) is 23.2. The molecule has 0 N–H and O–H groups in total. The third-order valence-corrected chi connectivity index (χ3v) is 11.9. The van der Waals surface area contributed by atoms with Crippen LogP contribution in [-0.4, -0.2) is 44.1 Å². The Labute approximate surface area is 227 Å². The molecule has 0 saturated carbocycles. The highest BCUT2D eigenvalue weighted by molar-refractivity contribution is 6.99. The molecule has 1 heterocycles. The van der Waals surface area contributed by atoms with Crippen LogP contribution in [0.25, 0.3) is 5.57 Å². The van der Waals surface area contributed by atoms with Crippen molar-refractivity contribution in [3.63, 3.8) is 0 Å². The van der Waals surface area contributed by atoms with Gasteiger partial charge in [0.1, 0.15) is 11.4 Å². The van der Waals surface area contributed by atoms with Gasteiger partial charge in [0.05, 0.1) is 19.2 Å². The molecule has 1 atom stereocenters. The normalized spacial score (nSPS) is 16.3. The topological polar surface area (TPSA) is 38.8 Å². The number of ether oxygens (including phenoxy) is 1. The smallest absolute Gasteiger partial charge is 0.411 e. The van der Waals surface area contributed by atoms with Gasteiger partial charge in [0.2, 0.25) is 0 Å². The molecule has 3 aromatic carbocycles. The fourth-order valence-corrected chi connectivity index (χ4v) is 9.73. The van der Waals surface area contributed by atoms with Crippen LogP contribution >= 0.6 is 0 Å². The first-order valence-corrected chi connectivity index (χ1v) is 15.0. The van der Waals surface area contributed by atoms with E-state index in [1.165, 1.54) is 22.5 Å². The van der Waals surface area contributed by atoms with E-state index in [1.807, 2.05) is 32.9 Å². The van der Waals surface area contributed by atoms with E-state index in [2.05, 4.69) is 75.4 Å². The quantitative estimate of drug-likeness (QED) is 0.345. The molecule has 0 fully saturated rings. The zero-order valence-corrected chi connectivity index (χ0v) is 24.2. The summed E-state index contributed by atoms with van der Waals surface area (Å²) in [5, 5.41) is 2.18. The molecular weight excluding hydrogens is 493 g/mol. The van der Waals surface area contributed by atoms with Crippen LogP contribution in [0.5, 0.6) is 0 Å². The maximum absolute atomic E-state index is 13.6. The van der Waals surface area contributed by atoms with E-state index in [9.17, 15) is 9.18 Å². The van der Waals surface area contributed by atoms with E-state index < -0.39 is 13.9 Å². The molecule has 1 aliphatic heterocycles. The lowest BCUT2D eigenvalue weighted by molar-refractivity contribution is 0.0207. The Morgan fingerprint density at radius 1 is 0.868 bits per heavy atom. The lowest BCUT2D eigenvalue weighted by Gasteiger charge is -2.44. The van der Waals surface area contributed by atoms with Gasteiger partial charge in [-0.3, -0.25) is 4.90 Å². The van der Waals surface area contributed by atoms with Gasteiger partial charge < -0.3 is 9.16 Å². The summed E-state index contributed by atoms with van der Waals surface area (Å²) in [5.74, 6) is -0.289. The third kappa shape index (κ3) is 5.92. The third-order valence-electron chi connectivity index (χ3n) is 6.87. The van der Waals surface area contributed by atoms with Crippen molar-refractivity contribution in [3.8, 4) is 0 Å². The number of amides is 1. The van der Waals surface area contributed by atoms with Gasteiger partial charge in [-0.05, 0) is 59.5 Å². The molecule has 3 aromatic rings. The average Bonchev–Trinajstić information content (AvgIpc) is 3.29. The van der Waals surface area contributed by atoms with Gasteiger partial charge in [-0.1, -0.05) is 99.6 Å². The number of benzene rings is 3. The van der Waals surface area contributed by atoms with Crippen LogP contribution in [0.15, 0.2) is 91.0 Å². The number of hydrogen-bond donors (Lipinski definition) is 0. The second-order valence-electron chi connectivity index (χ2n) is 11.8. The van der Waals surface area contributed by atoms with Crippen LogP contribution in [0, 0.1) is 5.82 Å². The first kappa shape index (κ1) is 27.8. The molecule has 0 aliphatic carbocycles. The van der Waals surface area contributed by atoms with E-state index in [0.717, 1.165) is 11.1 Å². The van der Waals surface area contributed by atoms with Crippen molar-refractivity contribution >= 4 is 30.4 Å². The summed E-state index contributed by atoms with van der Waals surface area (Å²) in [6.45, 7) is 13.0. The molecule has 4 rings (SSSR count). The maximum Gasteiger partial charge on any atom is 0.411 e. The largest absolute Gasteiger partial charge is 0.444 e. The summed E-state index contributed by atoms with van der Waals surface area (Å²) >= 11 is 0. The Balaban J connectivity index is 1.74. The van der Waals surface area contributed by atoms with Crippen LogP contribution in [0.4, 0.5) is 9.18 Å². The van der Waals surface area contributed by atoms with Crippen LogP contribution in [0.3, 0.4) is 0 Å². The highest BCUT2D eigenvalue weighted by atomic mass is 28.4. The molecule has 6 heteroatoms. The van der Waals surface area contributed by atoms with Gasteiger partial charge in [-0.25, -0.2) is 9.18 Å². The first-order chi connectivity index (χ1) is 17.9. The van der Waals surface area contributed by atoms with E-state index in [4.69, 9.17) is 9.16 Å². The molecule has 0 unspecified atom stereocenters. The molecule has 38 heavy (non-hydrogen) atoms.